The molecule has 0 bridgehead atoms. The summed E-state index contributed by atoms with van der Waals surface area (Å²) in [6, 6.07) is 0. The third-order valence-electron chi connectivity index (χ3n) is 3.04. The number of nitrogens with two attached hydrogens (primary N) is 1. The summed E-state index contributed by atoms with van der Waals surface area (Å²) in [5, 5.41) is 2.69. The summed E-state index contributed by atoms with van der Waals surface area (Å²) in [5.74, 6) is 0.481. The molecule has 0 saturated heterocycles. The number of hydrogen-bond donors (Lipinski definition) is 2. The van der Waals surface area contributed by atoms with Gasteiger partial charge in [-0.05, 0) is 24.8 Å². The normalized spacial score (nSPS) is 12.3. The Kier molecular flexibility index (Phi) is 10.0. The van der Waals surface area contributed by atoms with Crippen LogP contribution in [0.15, 0.2) is 0 Å². The van der Waals surface area contributed by atoms with Crippen molar-refractivity contribution < 1.29 is 14.3 Å². The molecular formula is C14H29N3O3. The van der Waals surface area contributed by atoms with Gasteiger partial charge < -0.3 is 20.7 Å². The summed E-state index contributed by atoms with van der Waals surface area (Å²) in [6.07, 6.45) is 1.33. The number of rotatable bonds is 10. The summed E-state index contributed by atoms with van der Waals surface area (Å²) in [6.45, 7) is 5.71. The molecule has 0 aromatic heterocycles. The van der Waals surface area contributed by atoms with E-state index in [4.69, 9.17) is 10.5 Å². The van der Waals surface area contributed by atoms with E-state index in [0.717, 1.165) is 6.42 Å². The molecule has 1 atom stereocenters. The van der Waals surface area contributed by atoms with Gasteiger partial charge in [-0.2, -0.15) is 0 Å². The highest BCUT2D eigenvalue weighted by Gasteiger charge is 2.18. The topological polar surface area (TPSA) is 84.7 Å². The quantitative estimate of drug-likeness (QED) is 0.563. The molecule has 118 valence electrons. The average Bonchev–Trinajstić information content (AvgIpc) is 2.37. The molecule has 0 fully saturated rings. The van der Waals surface area contributed by atoms with Crippen molar-refractivity contribution in [2.75, 3.05) is 40.4 Å². The fourth-order valence-corrected chi connectivity index (χ4v) is 1.98. The first kappa shape index (κ1) is 18.9. The average molecular weight is 287 g/mol. The van der Waals surface area contributed by atoms with Gasteiger partial charge in [0.1, 0.15) is 0 Å². The minimum Gasteiger partial charge on any atom is -0.383 e. The maximum absolute atomic E-state index is 12.0. The molecule has 0 spiro atoms. The first-order chi connectivity index (χ1) is 9.40. The Morgan fingerprint density at radius 2 is 2.00 bits per heavy atom. The minimum absolute atomic E-state index is 0.0389. The van der Waals surface area contributed by atoms with Gasteiger partial charge in [0.25, 0.3) is 0 Å². The fraction of sp³-hybridized carbons (Fsp3) is 0.857. The summed E-state index contributed by atoms with van der Waals surface area (Å²) in [5.41, 5.74) is 5.69. The molecule has 0 rings (SSSR count). The number of nitrogens with zero attached hydrogens (tertiary/aromatic N) is 1. The number of amides is 2. The lowest BCUT2D eigenvalue weighted by atomic mass is 9.94. The fourth-order valence-electron chi connectivity index (χ4n) is 1.98. The Balaban J connectivity index is 4.09. The lowest BCUT2D eigenvalue weighted by molar-refractivity contribution is -0.135. The molecule has 20 heavy (non-hydrogen) atoms. The van der Waals surface area contributed by atoms with Gasteiger partial charge in [0, 0.05) is 27.1 Å². The van der Waals surface area contributed by atoms with E-state index >= 15 is 0 Å². The number of methoxy groups -OCH3 is 1. The number of carbonyl (C=O) groups excluding carboxylic acids is 2. The van der Waals surface area contributed by atoms with Crippen LogP contribution in [0.4, 0.5) is 0 Å². The van der Waals surface area contributed by atoms with E-state index in [0.29, 0.717) is 32.0 Å². The van der Waals surface area contributed by atoms with E-state index < -0.39 is 0 Å². The minimum atomic E-state index is -0.175. The molecule has 1 unspecified atom stereocenters. The van der Waals surface area contributed by atoms with Crippen LogP contribution in [0.2, 0.25) is 0 Å². The van der Waals surface area contributed by atoms with Crippen LogP contribution in [0, 0.1) is 11.8 Å². The molecule has 0 aliphatic heterocycles. The highest BCUT2D eigenvalue weighted by molar-refractivity contribution is 5.84. The second kappa shape index (κ2) is 10.6. The second-order valence-corrected chi connectivity index (χ2v) is 5.53. The van der Waals surface area contributed by atoms with Crippen LogP contribution < -0.4 is 11.1 Å². The highest BCUT2D eigenvalue weighted by atomic mass is 16.5. The van der Waals surface area contributed by atoms with Gasteiger partial charge in [-0.1, -0.05) is 13.8 Å². The molecule has 0 heterocycles. The maximum Gasteiger partial charge on any atom is 0.239 e. The molecule has 6 heteroatoms. The third kappa shape index (κ3) is 8.87. The molecule has 6 nitrogen and oxygen atoms in total. The standard InChI is InChI=1S/C14H29N3O3/c1-11(2)7-12(9-15)8-14(19)17(3)10-13(18)16-5-6-20-4/h11-12H,5-10,15H2,1-4H3,(H,16,18). The van der Waals surface area contributed by atoms with Crippen LogP contribution in [0.3, 0.4) is 0 Å². The van der Waals surface area contributed by atoms with E-state index in [9.17, 15) is 9.59 Å². The first-order valence-electron chi connectivity index (χ1n) is 7.10. The van der Waals surface area contributed by atoms with Gasteiger partial charge in [0.05, 0.1) is 13.2 Å². The zero-order valence-corrected chi connectivity index (χ0v) is 13.1. The third-order valence-corrected chi connectivity index (χ3v) is 3.04. The maximum atomic E-state index is 12.0. The number of ether oxygens (including phenoxy) is 1. The van der Waals surface area contributed by atoms with Crippen LogP contribution in [-0.2, 0) is 14.3 Å². The van der Waals surface area contributed by atoms with Gasteiger partial charge in [-0.15, -0.1) is 0 Å². The molecule has 2 amide bonds. The van der Waals surface area contributed by atoms with E-state index in [1.807, 2.05) is 0 Å². The summed E-state index contributed by atoms with van der Waals surface area (Å²) in [4.78, 5) is 25.1. The number of likely N-dealkylation sites (N-methyl/N-ethyl adjacent to an activating group) is 1. The van der Waals surface area contributed by atoms with Crippen molar-refractivity contribution in [3.8, 4) is 0 Å². The van der Waals surface area contributed by atoms with Crippen LogP contribution in [0.5, 0.6) is 0 Å². The molecule has 0 saturated carbocycles. The van der Waals surface area contributed by atoms with Gasteiger partial charge in [0.15, 0.2) is 0 Å². The Hall–Kier alpha value is -1.14. The van der Waals surface area contributed by atoms with Crippen LogP contribution in [0.1, 0.15) is 26.7 Å². The molecule has 0 aliphatic rings. The lowest BCUT2D eigenvalue weighted by Gasteiger charge is -2.21. The van der Waals surface area contributed by atoms with E-state index in [1.54, 1.807) is 14.2 Å². The zero-order chi connectivity index (χ0) is 15.5. The smallest absolute Gasteiger partial charge is 0.239 e. The monoisotopic (exact) mass is 287 g/mol. The molecule has 0 aromatic carbocycles. The van der Waals surface area contributed by atoms with E-state index in [2.05, 4.69) is 19.2 Å². The van der Waals surface area contributed by atoms with Crippen molar-refractivity contribution >= 4 is 11.8 Å². The number of carbonyl (C=O) groups is 2. The van der Waals surface area contributed by atoms with Gasteiger partial charge in [-0.3, -0.25) is 9.59 Å². The van der Waals surface area contributed by atoms with Crippen molar-refractivity contribution in [2.24, 2.45) is 17.6 Å². The zero-order valence-electron chi connectivity index (χ0n) is 13.1. The predicted octanol–water partition coefficient (Wildman–Crippen LogP) is 0.219. The van der Waals surface area contributed by atoms with Gasteiger partial charge >= 0.3 is 0 Å². The van der Waals surface area contributed by atoms with Crippen molar-refractivity contribution in [3.63, 3.8) is 0 Å². The lowest BCUT2D eigenvalue weighted by Crippen LogP contribution is -2.40. The highest BCUT2D eigenvalue weighted by Crippen LogP contribution is 2.15. The summed E-state index contributed by atoms with van der Waals surface area (Å²) >= 11 is 0. The van der Waals surface area contributed by atoms with Crippen molar-refractivity contribution in [1.82, 2.24) is 10.2 Å². The van der Waals surface area contributed by atoms with Gasteiger partial charge in [0.2, 0.25) is 11.8 Å². The van der Waals surface area contributed by atoms with Crippen LogP contribution in [-0.4, -0.2) is 57.1 Å². The first-order valence-corrected chi connectivity index (χ1v) is 7.10. The molecule has 3 N–H and O–H groups in total. The Morgan fingerprint density at radius 1 is 1.35 bits per heavy atom. The molecule has 0 aromatic rings. The van der Waals surface area contributed by atoms with Crippen LogP contribution in [0.25, 0.3) is 0 Å². The van der Waals surface area contributed by atoms with Crippen molar-refractivity contribution in [3.05, 3.63) is 0 Å². The van der Waals surface area contributed by atoms with Crippen molar-refractivity contribution in [2.45, 2.75) is 26.7 Å². The predicted molar refractivity (Wildman–Crippen MR) is 79.1 cm³/mol. The largest absolute Gasteiger partial charge is 0.383 e. The Morgan fingerprint density at radius 3 is 2.50 bits per heavy atom. The SMILES string of the molecule is COCCNC(=O)CN(C)C(=O)CC(CN)CC(C)C. The van der Waals surface area contributed by atoms with Crippen molar-refractivity contribution in [1.29, 1.82) is 0 Å². The van der Waals surface area contributed by atoms with Gasteiger partial charge in [-0.25, -0.2) is 0 Å². The molecule has 0 radical (unpaired) electrons. The van der Waals surface area contributed by atoms with E-state index in [-0.39, 0.29) is 24.3 Å². The Labute approximate surface area is 122 Å². The molecular weight excluding hydrogens is 258 g/mol. The summed E-state index contributed by atoms with van der Waals surface area (Å²) < 4.78 is 4.84. The van der Waals surface area contributed by atoms with E-state index in [1.165, 1.54) is 4.90 Å². The molecule has 0 aliphatic carbocycles. The number of hydrogen-bond acceptors (Lipinski definition) is 4. The second-order valence-electron chi connectivity index (χ2n) is 5.53. The summed E-state index contributed by atoms with van der Waals surface area (Å²) in [7, 11) is 3.21. The Bertz CT molecular complexity index is 295. The van der Waals surface area contributed by atoms with Crippen LogP contribution >= 0.6 is 0 Å². The number of nitrogens with one attached hydrogen (secondary N) is 1.